The van der Waals surface area contributed by atoms with Gasteiger partial charge in [-0.05, 0) is 4.08 Å². The molecule has 0 aliphatic carbocycles. The van der Waals surface area contributed by atoms with Gasteiger partial charge in [0.1, 0.15) is 6.10 Å². The minimum atomic E-state index is -0.964. The summed E-state index contributed by atoms with van der Waals surface area (Å²) in [7, 11) is 0. The second-order valence-electron chi connectivity index (χ2n) is 4.30. The van der Waals surface area contributed by atoms with Crippen LogP contribution in [-0.4, -0.2) is 38.6 Å². The van der Waals surface area contributed by atoms with E-state index in [-0.39, 0.29) is 23.6 Å². The smallest absolute Gasteiger partial charge is 0.330 e. The van der Waals surface area contributed by atoms with Crippen LogP contribution in [0.4, 0.5) is 0 Å². The minimum absolute atomic E-state index is 0.101. The van der Waals surface area contributed by atoms with Crippen molar-refractivity contribution in [3.8, 4) is 0 Å². The van der Waals surface area contributed by atoms with E-state index in [9.17, 15) is 14.7 Å². The molecule has 0 unspecified atom stereocenters. The molecule has 20 heavy (non-hydrogen) atoms. The van der Waals surface area contributed by atoms with Gasteiger partial charge in [-0.2, -0.15) is 0 Å². The molecule has 2 rings (SSSR count). The number of aromatic nitrogens is 2. The standard InChI is InChI=1S/C11H12ClIN2O5/c12-7(2-13)6-3-15(11(19)14-9(6)18)10-8(17)1-5(4-16)20-10/h2-3,5,8,10,16-17H,1,4H2,(H,14,18,19)/t5-,8+,10+/m0/s1. The molecule has 0 amide bonds. The average molecular weight is 415 g/mol. The molecule has 1 aliphatic heterocycles. The summed E-state index contributed by atoms with van der Waals surface area (Å²) in [6.07, 6.45) is -1.02. The van der Waals surface area contributed by atoms with E-state index in [0.29, 0.717) is 0 Å². The Hall–Kier alpha value is -0.680. The summed E-state index contributed by atoms with van der Waals surface area (Å²) in [6.45, 7) is -0.257. The number of aromatic amines is 1. The highest BCUT2D eigenvalue weighted by atomic mass is 127. The maximum Gasteiger partial charge on any atom is 0.330 e. The monoisotopic (exact) mass is 414 g/mol. The van der Waals surface area contributed by atoms with Gasteiger partial charge in [-0.3, -0.25) is 14.3 Å². The fourth-order valence-corrected chi connectivity index (χ4v) is 2.47. The van der Waals surface area contributed by atoms with Crippen molar-refractivity contribution in [1.82, 2.24) is 9.55 Å². The molecule has 9 heteroatoms. The van der Waals surface area contributed by atoms with E-state index in [0.717, 1.165) is 4.57 Å². The van der Waals surface area contributed by atoms with Crippen LogP contribution in [0.3, 0.4) is 0 Å². The van der Waals surface area contributed by atoms with Gasteiger partial charge in [0.25, 0.3) is 5.56 Å². The fourth-order valence-electron chi connectivity index (χ4n) is 2.00. The summed E-state index contributed by atoms with van der Waals surface area (Å²) in [4.78, 5) is 25.6. The molecule has 1 aromatic rings. The van der Waals surface area contributed by atoms with E-state index in [2.05, 4.69) is 4.98 Å². The summed E-state index contributed by atoms with van der Waals surface area (Å²) in [5.74, 6) is 0. The lowest BCUT2D eigenvalue weighted by atomic mass is 10.2. The topological polar surface area (TPSA) is 105 Å². The van der Waals surface area contributed by atoms with Crippen LogP contribution in [0.25, 0.3) is 5.03 Å². The first-order valence-corrected chi connectivity index (χ1v) is 7.36. The zero-order valence-electron chi connectivity index (χ0n) is 10.1. The van der Waals surface area contributed by atoms with Crippen molar-refractivity contribution in [3.63, 3.8) is 0 Å². The van der Waals surface area contributed by atoms with Crippen LogP contribution in [-0.2, 0) is 4.74 Å². The molecular weight excluding hydrogens is 402 g/mol. The summed E-state index contributed by atoms with van der Waals surface area (Å²) in [6, 6.07) is 0. The second kappa shape index (κ2) is 6.39. The molecule has 0 aromatic carbocycles. The van der Waals surface area contributed by atoms with Crippen LogP contribution in [0, 0.1) is 0 Å². The maximum absolute atomic E-state index is 11.8. The molecule has 0 bridgehead atoms. The number of H-pyrrole nitrogens is 1. The van der Waals surface area contributed by atoms with Crippen LogP contribution in [0.2, 0.25) is 0 Å². The van der Waals surface area contributed by atoms with E-state index in [1.54, 1.807) is 0 Å². The zero-order valence-corrected chi connectivity index (χ0v) is 13.0. The van der Waals surface area contributed by atoms with Crippen molar-refractivity contribution in [3.05, 3.63) is 36.7 Å². The normalized spacial score (nSPS) is 27.0. The highest BCUT2D eigenvalue weighted by molar-refractivity contribution is 14.1. The van der Waals surface area contributed by atoms with Crippen LogP contribution in [0.5, 0.6) is 0 Å². The first-order valence-electron chi connectivity index (χ1n) is 5.74. The fraction of sp³-hybridized carbons (Fsp3) is 0.455. The molecule has 110 valence electrons. The van der Waals surface area contributed by atoms with Crippen molar-refractivity contribution in [2.75, 3.05) is 6.61 Å². The first-order chi connectivity index (χ1) is 9.47. The number of nitrogens with one attached hydrogen (secondary N) is 1. The van der Waals surface area contributed by atoms with Crippen LogP contribution in [0.15, 0.2) is 19.9 Å². The third-order valence-electron chi connectivity index (χ3n) is 2.96. The molecule has 7 nitrogen and oxygen atoms in total. The summed E-state index contributed by atoms with van der Waals surface area (Å²) < 4.78 is 7.93. The van der Waals surface area contributed by atoms with Crippen molar-refractivity contribution >= 4 is 39.2 Å². The first kappa shape index (κ1) is 15.7. The van der Waals surface area contributed by atoms with Crippen molar-refractivity contribution in [2.24, 2.45) is 0 Å². The molecule has 2 heterocycles. The van der Waals surface area contributed by atoms with Gasteiger partial charge in [0.05, 0.1) is 23.3 Å². The minimum Gasteiger partial charge on any atom is -0.394 e. The van der Waals surface area contributed by atoms with Crippen molar-refractivity contribution < 1.29 is 14.9 Å². The Morgan fingerprint density at radius 3 is 2.90 bits per heavy atom. The number of aliphatic hydroxyl groups is 2. The third kappa shape index (κ3) is 2.98. The van der Waals surface area contributed by atoms with Gasteiger partial charge in [-0.15, -0.1) is 0 Å². The molecule has 1 fully saturated rings. The molecular formula is C11H12ClIN2O5. The van der Waals surface area contributed by atoms with Gasteiger partial charge in [-0.25, -0.2) is 4.79 Å². The highest BCUT2D eigenvalue weighted by Gasteiger charge is 2.35. The summed E-state index contributed by atoms with van der Waals surface area (Å²) >= 11 is 7.76. The van der Waals surface area contributed by atoms with Gasteiger partial charge in [-0.1, -0.05) is 34.2 Å². The molecule has 1 aliphatic rings. The van der Waals surface area contributed by atoms with Gasteiger partial charge >= 0.3 is 5.69 Å². The Labute approximate surface area is 132 Å². The van der Waals surface area contributed by atoms with Crippen molar-refractivity contribution in [1.29, 1.82) is 0 Å². The van der Waals surface area contributed by atoms with E-state index >= 15 is 0 Å². The van der Waals surface area contributed by atoms with E-state index < -0.39 is 29.7 Å². The lowest BCUT2D eigenvalue weighted by molar-refractivity contribution is -0.0530. The molecule has 1 aromatic heterocycles. The van der Waals surface area contributed by atoms with Crippen molar-refractivity contribution in [2.45, 2.75) is 24.9 Å². The number of halogens is 2. The number of hydrogen-bond acceptors (Lipinski definition) is 5. The predicted molar refractivity (Wildman–Crippen MR) is 80.8 cm³/mol. The number of hydrogen-bond donors (Lipinski definition) is 3. The number of ether oxygens (including phenoxy) is 1. The molecule has 1 saturated heterocycles. The van der Waals surface area contributed by atoms with Gasteiger partial charge in [0.15, 0.2) is 6.23 Å². The highest BCUT2D eigenvalue weighted by Crippen LogP contribution is 2.28. The Morgan fingerprint density at radius 1 is 1.65 bits per heavy atom. The largest absolute Gasteiger partial charge is 0.394 e. The molecule has 3 atom stereocenters. The lowest BCUT2D eigenvalue weighted by Gasteiger charge is -2.17. The van der Waals surface area contributed by atoms with Gasteiger partial charge in [0, 0.05) is 12.6 Å². The van der Waals surface area contributed by atoms with Crippen LogP contribution in [0.1, 0.15) is 18.2 Å². The van der Waals surface area contributed by atoms with E-state index in [1.165, 1.54) is 10.3 Å². The Balaban J connectivity index is 2.47. The van der Waals surface area contributed by atoms with E-state index in [1.807, 2.05) is 22.6 Å². The second-order valence-corrected chi connectivity index (χ2v) is 5.33. The predicted octanol–water partition coefficient (Wildman–Crippen LogP) is 0.150. The quantitative estimate of drug-likeness (QED) is 0.611. The summed E-state index contributed by atoms with van der Waals surface area (Å²) in [5.41, 5.74) is -1.22. The lowest BCUT2D eigenvalue weighted by Crippen LogP contribution is -2.36. The van der Waals surface area contributed by atoms with Gasteiger partial charge < -0.3 is 14.9 Å². The Morgan fingerprint density at radius 2 is 2.35 bits per heavy atom. The molecule has 0 saturated carbocycles. The zero-order chi connectivity index (χ0) is 14.9. The SMILES string of the molecule is O=c1[nH]c(=O)n([C@@H]2O[C@H](CO)C[C@H]2O)cc1C(Cl)=CI. The number of rotatable bonds is 3. The third-order valence-corrected chi connectivity index (χ3v) is 4.27. The van der Waals surface area contributed by atoms with E-state index in [4.69, 9.17) is 21.4 Å². The maximum atomic E-state index is 11.8. The van der Waals surface area contributed by atoms with Crippen LogP contribution < -0.4 is 11.2 Å². The van der Waals surface area contributed by atoms with Crippen LogP contribution >= 0.6 is 34.2 Å². The number of nitrogens with zero attached hydrogens (tertiary/aromatic N) is 1. The Kier molecular flexibility index (Phi) is 5.02. The molecule has 0 spiro atoms. The van der Waals surface area contributed by atoms with Gasteiger partial charge in [0.2, 0.25) is 0 Å². The molecule has 0 radical (unpaired) electrons. The summed E-state index contributed by atoms with van der Waals surface area (Å²) in [5, 5.41) is 19.1. The average Bonchev–Trinajstić information content (AvgIpc) is 2.79. The molecule has 3 N–H and O–H groups in total. The Bertz CT molecular complexity index is 640. The number of aliphatic hydroxyl groups excluding tert-OH is 2.